The summed E-state index contributed by atoms with van der Waals surface area (Å²) >= 11 is 3.68. The number of rotatable bonds is 17. The van der Waals surface area contributed by atoms with Crippen molar-refractivity contribution in [1.82, 2.24) is 15.1 Å². The van der Waals surface area contributed by atoms with E-state index in [-0.39, 0.29) is 48.3 Å². The maximum atomic E-state index is 14.3. The van der Waals surface area contributed by atoms with Crippen molar-refractivity contribution in [3.05, 3.63) is 25.3 Å². The van der Waals surface area contributed by atoms with Crippen molar-refractivity contribution in [2.24, 2.45) is 11.8 Å². The number of carbonyl (C=O) groups is 4. The molecule has 2 bridgehead atoms. The molecule has 3 aliphatic rings. The Kier molecular flexibility index (Phi) is 12.0. The molecule has 3 heterocycles. The Hall–Kier alpha value is -2.24. The molecule has 0 aliphatic carbocycles. The largest absolute Gasteiger partial charge is 0.460 e. The summed E-state index contributed by atoms with van der Waals surface area (Å²) in [6.07, 6.45) is 6.04. The zero-order valence-electron chi connectivity index (χ0n) is 24.6. The van der Waals surface area contributed by atoms with Gasteiger partial charge in [-0.3, -0.25) is 19.2 Å². The van der Waals surface area contributed by atoms with Crippen LogP contribution in [0.5, 0.6) is 0 Å². The fraction of sp³-hybridized carbons (Fsp3) is 0.733. The van der Waals surface area contributed by atoms with Gasteiger partial charge in [-0.2, -0.15) is 0 Å². The number of unbranched alkanes of at least 4 members (excludes halogenated alkanes) is 1. The van der Waals surface area contributed by atoms with Gasteiger partial charge in [0.25, 0.3) is 0 Å². The van der Waals surface area contributed by atoms with Crippen LogP contribution in [0.2, 0.25) is 0 Å². The number of allylic oxidation sites excluding steroid dienone is 1. The van der Waals surface area contributed by atoms with E-state index >= 15 is 0 Å². The SMILES string of the molecule is C=CCCC(=O)NC[C@@H](C)OC(=O)[C@H]1[C@@H]2O[C@@]3(CC2Br)[C@@H]1C(=O)N(CCCCO)[C@@H]3C(=O)N(CC=C)C(C)CCC. The van der Waals surface area contributed by atoms with Crippen molar-refractivity contribution in [2.45, 2.75) is 100 Å². The number of amides is 3. The molecule has 0 saturated carbocycles. The number of fused-ring (bicyclic) bond motifs is 1. The predicted octanol–water partition coefficient (Wildman–Crippen LogP) is 2.72. The number of aliphatic hydroxyl groups is 1. The molecule has 3 fully saturated rings. The van der Waals surface area contributed by atoms with Crippen LogP contribution in [0.25, 0.3) is 0 Å². The molecule has 10 nitrogen and oxygen atoms in total. The Bertz CT molecular complexity index is 993. The van der Waals surface area contributed by atoms with E-state index in [1.54, 1.807) is 28.9 Å². The first kappa shape index (κ1) is 33.3. The summed E-state index contributed by atoms with van der Waals surface area (Å²) in [5.74, 6) is -2.99. The number of hydrogen-bond acceptors (Lipinski definition) is 7. The Morgan fingerprint density at radius 1 is 1.29 bits per heavy atom. The minimum atomic E-state index is -1.18. The van der Waals surface area contributed by atoms with Crippen molar-refractivity contribution in [2.75, 3.05) is 26.2 Å². The third-order valence-corrected chi connectivity index (χ3v) is 9.27. The van der Waals surface area contributed by atoms with Crippen LogP contribution in [-0.4, -0.2) is 99.6 Å². The summed E-state index contributed by atoms with van der Waals surface area (Å²) in [5.41, 5.74) is -1.18. The van der Waals surface area contributed by atoms with Crippen molar-refractivity contribution < 1.29 is 33.8 Å². The van der Waals surface area contributed by atoms with Crippen molar-refractivity contribution in [3.63, 3.8) is 0 Å². The van der Waals surface area contributed by atoms with Crippen molar-refractivity contribution in [1.29, 1.82) is 0 Å². The quantitative estimate of drug-likeness (QED) is 0.108. The smallest absolute Gasteiger partial charge is 0.312 e. The highest BCUT2D eigenvalue weighted by atomic mass is 79.9. The first-order valence-electron chi connectivity index (χ1n) is 14.8. The standard InChI is InChI=1S/C30H46BrN3O7/c1-6-9-13-22(36)32-18-20(5)40-29(39)23-24-27(37)34(15-10-11-16-35)26(30(24)17-21(31)25(23)41-30)28(38)33(14-8-3)19(4)12-7-2/h6,8,19-21,23-26,35H,1,3,7,9-18H2,2,4-5H3,(H,32,36)/t19?,20-,21?,23-,24+,25-,26-,30+/m1/s1. The zero-order valence-corrected chi connectivity index (χ0v) is 26.1. The van der Waals surface area contributed by atoms with E-state index in [1.165, 1.54) is 0 Å². The topological polar surface area (TPSA) is 125 Å². The summed E-state index contributed by atoms with van der Waals surface area (Å²) in [7, 11) is 0. The summed E-state index contributed by atoms with van der Waals surface area (Å²) < 4.78 is 12.3. The summed E-state index contributed by atoms with van der Waals surface area (Å²) in [4.78, 5) is 57.1. The molecule has 11 heteroatoms. The van der Waals surface area contributed by atoms with Gasteiger partial charge in [-0.15, -0.1) is 13.2 Å². The molecule has 41 heavy (non-hydrogen) atoms. The molecule has 0 aromatic heterocycles. The highest BCUT2D eigenvalue weighted by Gasteiger charge is 2.77. The average molecular weight is 641 g/mol. The molecule has 2 unspecified atom stereocenters. The maximum Gasteiger partial charge on any atom is 0.312 e. The molecule has 3 saturated heterocycles. The number of carbonyl (C=O) groups excluding carboxylic acids is 4. The van der Waals surface area contributed by atoms with E-state index in [1.807, 2.05) is 6.92 Å². The highest BCUT2D eigenvalue weighted by Crippen LogP contribution is 2.60. The van der Waals surface area contributed by atoms with Crippen molar-refractivity contribution >= 4 is 39.6 Å². The summed E-state index contributed by atoms with van der Waals surface area (Å²) in [6, 6.07) is -0.973. The Morgan fingerprint density at radius 2 is 2.02 bits per heavy atom. The molecule has 0 radical (unpaired) electrons. The molecular weight excluding hydrogens is 594 g/mol. The lowest BCUT2D eigenvalue weighted by Crippen LogP contribution is -2.58. The lowest BCUT2D eigenvalue weighted by Gasteiger charge is -2.39. The van der Waals surface area contributed by atoms with Gasteiger partial charge in [0.2, 0.25) is 17.7 Å². The van der Waals surface area contributed by atoms with Crippen LogP contribution in [-0.2, 0) is 28.7 Å². The fourth-order valence-corrected chi connectivity index (χ4v) is 7.51. The number of ether oxygens (including phenoxy) is 2. The molecule has 3 amide bonds. The monoisotopic (exact) mass is 639 g/mol. The normalized spacial score (nSPS) is 29.5. The van der Waals surface area contributed by atoms with E-state index in [0.29, 0.717) is 38.6 Å². The number of hydrogen-bond donors (Lipinski definition) is 2. The van der Waals surface area contributed by atoms with Gasteiger partial charge >= 0.3 is 5.97 Å². The molecule has 1 spiro atoms. The van der Waals surface area contributed by atoms with E-state index in [2.05, 4.69) is 41.3 Å². The molecule has 0 aromatic carbocycles. The second-order valence-corrected chi connectivity index (χ2v) is 12.6. The molecule has 0 aromatic rings. The van der Waals surface area contributed by atoms with Gasteiger partial charge in [0.15, 0.2) is 0 Å². The molecule has 2 N–H and O–H groups in total. The predicted molar refractivity (Wildman–Crippen MR) is 158 cm³/mol. The van der Waals surface area contributed by atoms with Crippen molar-refractivity contribution in [3.8, 4) is 0 Å². The number of halogens is 1. The lowest BCUT2D eigenvalue weighted by molar-refractivity contribution is -0.159. The fourth-order valence-electron chi connectivity index (χ4n) is 6.57. The zero-order chi connectivity index (χ0) is 30.3. The van der Waals surface area contributed by atoms with Gasteiger partial charge in [-0.1, -0.05) is 41.4 Å². The minimum absolute atomic E-state index is 0.0235. The van der Waals surface area contributed by atoms with Gasteiger partial charge in [-0.25, -0.2) is 0 Å². The second-order valence-electron chi connectivity index (χ2n) is 11.4. The molecule has 3 aliphatic heterocycles. The number of esters is 1. The lowest BCUT2D eigenvalue weighted by atomic mass is 9.70. The van der Waals surface area contributed by atoms with Crippen LogP contribution in [0.4, 0.5) is 0 Å². The Morgan fingerprint density at radius 3 is 2.66 bits per heavy atom. The van der Waals surface area contributed by atoms with Crippen LogP contribution in [0.3, 0.4) is 0 Å². The van der Waals surface area contributed by atoms with Crippen LogP contribution >= 0.6 is 15.9 Å². The van der Waals surface area contributed by atoms with Crippen LogP contribution in [0.15, 0.2) is 25.3 Å². The minimum Gasteiger partial charge on any atom is -0.460 e. The third kappa shape index (κ3) is 6.88. The molecule has 230 valence electrons. The highest BCUT2D eigenvalue weighted by molar-refractivity contribution is 9.09. The summed E-state index contributed by atoms with van der Waals surface area (Å²) in [5, 5.41) is 12.1. The summed E-state index contributed by atoms with van der Waals surface area (Å²) in [6.45, 7) is 13.9. The average Bonchev–Trinajstić information content (AvgIpc) is 3.52. The van der Waals surface area contributed by atoms with Crippen LogP contribution < -0.4 is 5.32 Å². The van der Waals surface area contributed by atoms with E-state index in [9.17, 15) is 24.3 Å². The first-order valence-corrected chi connectivity index (χ1v) is 15.7. The van der Waals surface area contributed by atoms with Gasteiger partial charge in [0, 0.05) is 37.0 Å². The molecular formula is C30H46BrN3O7. The maximum absolute atomic E-state index is 14.3. The Balaban J connectivity index is 1.89. The van der Waals surface area contributed by atoms with Crippen LogP contribution in [0.1, 0.15) is 65.7 Å². The first-order chi connectivity index (χ1) is 19.6. The molecule has 8 atom stereocenters. The number of alkyl halides is 1. The van der Waals surface area contributed by atoms with E-state index in [4.69, 9.17) is 9.47 Å². The van der Waals surface area contributed by atoms with Crippen LogP contribution in [0, 0.1) is 11.8 Å². The molecule has 3 rings (SSSR count). The number of nitrogens with one attached hydrogen (secondary N) is 1. The van der Waals surface area contributed by atoms with E-state index in [0.717, 1.165) is 12.8 Å². The van der Waals surface area contributed by atoms with E-state index < -0.39 is 41.7 Å². The van der Waals surface area contributed by atoms with Gasteiger partial charge < -0.3 is 29.7 Å². The second kappa shape index (κ2) is 14.8. The van der Waals surface area contributed by atoms with Gasteiger partial charge in [0.05, 0.1) is 24.5 Å². The number of likely N-dealkylation sites (tertiary alicyclic amines) is 1. The number of nitrogens with zero attached hydrogens (tertiary/aromatic N) is 2. The Labute approximate surface area is 252 Å². The number of aliphatic hydroxyl groups excluding tert-OH is 1. The third-order valence-electron chi connectivity index (χ3n) is 8.43. The van der Waals surface area contributed by atoms with Gasteiger partial charge in [0.1, 0.15) is 17.7 Å². The van der Waals surface area contributed by atoms with Gasteiger partial charge in [-0.05, 0) is 46.0 Å².